The molecule has 1 N–H and O–H groups in total. The summed E-state index contributed by atoms with van der Waals surface area (Å²) >= 11 is 0. The van der Waals surface area contributed by atoms with Crippen molar-refractivity contribution in [2.75, 3.05) is 5.32 Å². The summed E-state index contributed by atoms with van der Waals surface area (Å²) in [5, 5.41) is 21.1. The smallest absolute Gasteiger partial charge is 0.324 e. The Kier molecular flexibility index (Phi) is 5.07. The number of hydrogen-bond acceptors (Lipinski definition) is 5. The standard InChI is InChI=1S/C18H14F4N4O3/c1-17(9-14(24-25-17)10-2-4-11(19)5-3-10)16(27)23-12-6-7-15(26(28)29)13(8-12)18(20,21)22/h2-8,14H,9H2,1H3,(H,23,27). The van der Waals surface area contributed by atoms with Crippen molar-refractivity contribution < 1.29 is 27.3 Å². The van der Waals surface area contributed by atoms with E-state index in [1.54, 1.807) is 0 Å². The SMILES string of the molecule is CC1(C(=O)Nc2ccc([N+](=O)[O-])c(C(F)(F)F)c2)CC(c2ccc(F)cc2)N=N1. The van der Waals surface area contributed by atoms with E-state index in [0.29, 0.717) is 17.7 Å². The molecule has 0 aliphatic carbocycles. The van der Waals surface area contributed by atoms with Gasteiger partial charge in [-0.2, -0.15) is 23.4 Å². The maximum absolute atomic E-state index is 13.1. The lowest BCUT2D eigenvalue weighted by molar-refractivity contribution is -0.388. The highest BCUT2D eigenvalue weighted by Gasteiger charge is 2.42. The Hall–Kier alpha value is -3.37. The molecule has 29 heavy (non-hydrogen) atoms. The van der Waals surface area contributed by atoms with E-state index in [1.165, 1.54) is 31.2 Å². The lowest BCUT2D eigenvalue weighted by Crippen LogP contribution is -2.37. The van der Waals surface area contributed by atoms with E-state index >= 15 is 0 Å². The van der Waals surface area contributed by atoms with Crippen LogP contribution >= 0.6 is 0 Å². The molecule has 11 heteroatoms. The van der Waals surface area contributed by atoms with E-state index in [2.05, 4.69) is 15.5 Å². The Morgan fingerprint density at radius 3 is 2.48 bits per heavy atom. The van der Waals surface area contributed by atoms with Gasteiger partial charge in [0.2, 0.25) is 0 Å². The molecule has 0 radical (unpaired) electrons. The molecule has 0 bridgehead atoms. The van der Waals surface area contributed by atoms with Crippen molar-refractivity contribution in [2.45, 2.75) is 31.1 Å². The summed E-state index contributed by atoms with van der Waals surface area (Å²) in [5.74, 6) is -1.14. The molecule has 0 spiro atoms. The first-order valence-electron chi connectivity index (χ1n) is 8.34. The molecule has 1 aliphatic rings. The lowest BCUT2D eigenvalue weighted by atomic mass is 9.91. The normalized spacial score (nSPS) is 21.2. The Bertz CT molecular complexity index is 992. The minimum Gasteiger partial charge on any atom is -0.324 e. The fourth-order valence-corrected chi connectivity index (χ4v) is 2.93. The van der Waals surface area contributed by atoms with E-state index in [1.807, 2.05) is 0 Å². The number of carbonyl (C=O) groups is 1. The Morgan fingerprint density at radius 1 is 1.24 bits per heavy atom. The average Bonchev–Trinajstić information content (AvgIpc) is 3.05. The fraction of sp³-hybridized carbons (Fsp3) is 0.278. The summed E-state index contributed by atoms with van der Waals surface area (Å²) < 4.78 is 52.3. The predicted molar refractivity (Wildman–Crippen MR) is 93.7 cm³/mol. The fourth-order valence-electron chi connectivity index (χ4n) is 2.93. The number of amides is 1. The van der Waals surface area contributed by atoms with Gasteiger partial charge in [0.15, 0.2) is 5.54 Å². The second kappa shape index (κ2) is 7.22. The van der Waals surface area contributed by atoms with Gasteiger partial charge >= 0.3 is 6.18 Å². The summed E-state index contributed by atoms with van der Waals surface area (Å²) in [6, 6.07) is 7.20. The van der Waals surface area contributed by atoms with Crippen LogP contribution in [0.4, 0.5) is 28.9 Å². The number of azo groups is 1. The Morgan fingerprint density at radius 2 is 1.90 bits per heavy atom. The topological polar surface area (TPSA) is 97.0 Å². The van der Waals surface area contributed by atoms with Crippen molar-refractivity contribution in [1.82, 2.24) is 0 Å². The van der Waals surface area contributed by atoms with Crippen LogP contribution in [0.3, 0.4) is 0 Å². The van der Waals surface area contributed by atoms with Crippen molar-refractivity contribution in [2.24, 2.45) is 10.2 Å². The van der Waals surface area contributed by atoms with Gasteiger partial charge in [-0.15, -0.1) is 0 Å². The maximum atomic E-state index is 13.1. The molecule has 152 valence electrons. The van der Waals surface area contributed by atoms with Crippen molar-refractivity contribution in [3.63, 3.8) is 0 Å². The number of anilines is 1. The number of hydrogen-bond donors (Lipinski definition) is 1. The van der Waals surface area contributed by atoms with E-state index in [4.69, 9.17) is 0 Å². The van der Waals surface area contributed by atoms with Crippen LogP contribution in [-0.4, -0.2) is 16.4 Å². The molecule has 1 aliphatic heterocycles. The molecular weight excluding hydrogens is 396 g/mol. The van der Waals surface area contributed by atoms with Gasteiger partial charge in [0.1, 0.15) is 11.4 Å². The Balaban J connectivity index is 1.79. The number of halogens is 4. The van der Waals surface area contributed by atoms with Crippen LogP contribution in [0.15, 0.2) is 52.7 Å². The third-order valence-electron chi connectivity index (χ3n) is 4.51. The first-order valence-corrected chi connectivity index (χ1v) is 8.34. The van der Waals surface area contributed by atoms with E-state index in [-0.39, 0.29) is 12.1 Å². The van der Waals surface area contributed by atoms with Crippen LogP contribution in [0.25, 0.3) is 0 Å². The number of nitro groups is 1. The highest BCUT2D eigenvalue weighted by atomic mass is 19.4. The molecule has 0 aromatic heterocycles. The molecule has 2 aromatic rings. The van der Waals surface area contributed by atoms with Crippen molar-refractivity contribution in [1.29, 1.82) is 0 Å². The highest BCUT2D eigenvalue weighted by molar-refractivity contribution is 5.98. The van der Waals surface area contributed by atoms with E-state index in [9.17, 15) is 32.5 Å². The van der Waals surface area contributed by atoms with Gasteiger partial charge in [-0.25, -0.2) is 4.39 Å². The second-order valence-electron chi connectivity index (χ2n) is 6.70. The lowest BCUT2D eigenvalue weighted by Gasteiger charge is -2.20. The van der Waals surface area contributed by atoms with Crippen LogP contribution < -0.4 is 5.32 Å². The molecule has 2 unspecified atom stereocenters. The number of rotatable bonds is 4. The minimum absolute atomic E-state index is 0.129. The maximum Gasteiger partial charge on any atom is 0.423 e. The van der Waals surface area contributed by atoms with Crippen LogP contribution in [0.1, 0.15) is 30.5 Å². The van der Waals surface area contributed by atoms with Gasteiger partial charge in [-0.05, 0) is 36.8 Å². The third kappa shape index (κ3) is 4.23. The third-order valence-corrected chi connectivity index (χ3v) is 4.51. The highest BCUT2D eigenvalue weighted by Crippen LogP contribution is 2.40. The molecule has 3 rings (SSSR count). The first-order chi connectivity index (χ1) is 13.5. The molecule has 2 aromatic carbocycles. The van der Waals surface area contributed by atoms with Crippen molar-refractivity contribution in [3.05, 3.63) is 69.5 Å². The average molecular weight is 410 g/mol. The number of carbonyl (C=O) groups excluding carboxylic acids is 1. The van der Waals surface area contributed by atoms with Crippen LogP contribution in [-0.2, 0) is 11.0 Å². The van der Waals surface area contributed by atoms with Gasteiger partial charge in [-0.3, -0.25) is 14.9 Å². The van der Waals surface area contributed by atoms with Crippen LogP contribution in [0.5, 0.6) is 0 Å². The van der Waals surface area contributed by atoms with Gasteiger partial charge in [0.05, 0.1) is 11.0 Å². The monoisotopic (exact) mass is 410 g/mol. The number of nitrogens with zero attached hydrogens (tertiary/aromatic N) is 3. The molecule has 1 amide bonds. The zero-order valence-electron chi connectivity index (χ0n) is 14.9. The summed E-state index contributed by atoms with van der Waals surface area (Å²) in [5.41, 5.74) is -3.56. The van der Waals surface area contributed by atoms with Gasteiger partial charge < -0.3 is 5.32 Å². The first kappa shape index (κ1) is 20.4. The number of benzene rings is 2. The molecular formula is C18H14F4N4O3. The second-order valence-corrected chi connectivity index (χ2v) is 6.70. The Labute approximate surface area is 161 Å². The summed E-state index contributed by atoms with van der Waals surface area (Å²) in [6.07, 6.45) is -4.84. The van der Waals surface area contributed by atoms with Gasteiger partial charge in [0, 0.05) is 18.2 Å². The number of nitro benzene ring substituents is 1. The van der Waals surface area contributed by atoms with Crippen molar-refractivity contribution >= 4 is 17.3 Å². The van der Waals surface area contributed by atoms with Gasteiger partial charge in [-0.1, -0.05) is 12.1 Å². The summed E-state index contributed by atoms with van der Waals surface area (Å²) in [4.78, 5) is 22.3. The molecule has 0 saturated carbocycles. The van der Waals surface area contributed by atoms with Crippen LogP contribution in [0.2, 0.25) is 0 Å². The predicted octanol–water partition coefficient (Wildman–Crippen LogP) is 5.05. The summed E-state index contributed by atoms with van der Waals surface area (Å²) in [6.45, 7) is 1.46. The largest absolute Gasteiger partial charge is 0.423 e. The summed E-state index contributed by atoms with van der Waals surface area (Å²) in [7, 11) is 0. The zero-order valence-corrected chi connectivity index (χ0v) is 14.9. The molecule has 0 saturated heterocycles. The number of nitrogens with one attached hydrogen (secondary N) is 1. The molecule has 1 heterocycles. The minimum atomic E-state index is -4.96. The van der Waals surface area contributed by atoms with Gasteiger partial charge in [0.25, 0.3) is 11.6 Å². The molecule has 2 atom stereocenters. The number of alkyl halides is 3. The van der Waals surface area contributed by atoms with E-state index < -0.39 is 45.7 Å². The molecule has 7 nitrogen and oxygen atoms in total. The quantitative estimate of drug-likeness (QED) is 0.434. The van der Waals surface area contributed by atoms with Crippen LogP contribution in [0, 0.1) is 15.9 Å². The van der Waals surface area contributed by atoms with Crippen molar-refractivity contribution in [3.8, 4) is 0 Å². The molecule has 0 fully saturated rings. The van der Waals surface area contributed by atoms with E-state index in [0.717, 1.165) is 6.07 Å². The zero-order chi connectivity index (χ0) is 21.4.